The van der Waals surface area contributed by atoms with Gasteiger partial charge in [-0.25, -0.2) is 4.58 Å². The van der Waals surface area contributed by atoms with Gasteiger partial charge in [0, 0.05) is 0 Å². The summed E-state index contributed by atoms with van der Waals surface area (Å²) in [6.45, 7) is 5.14. The highest BCUT2D eigenvalue weighted by Crippen LogP contribution is 1.92. The lowest BCUT2D eigenvalue weighted by atomic mass is 10.6. The summed E-state index contributed by atoms with van der Waals surface area (Å²) in [7, 11) is 0. The van der Waals surface area contributed by atoms with Crippen molar-refractivity contribution in [3.8, 4) is 0 Å². The molecule has 0 aliphatic carbocycles. The molecule has 0 bridgehead atoms. The molecular formula is C7H11N2+. The van der Waals surface area contributed by atoms with Crippen molar-refractivity contribution in [3.05, 3.63) is 12.3 Å². The van der Waals surface area contributed by atoms with Gasteiger partial charge in [0.05, 0.1) is 0 Å². The van der Waals surface area contributed by atoms with Crippen LogP contribution < -0.4 is 0 Å². The van der Waals surface area contributed by atoms with Crippen molar-refractivity contribution in [2.45, 2.75) is 13.8 Å². The van der Waals surface area contributed by atoms with E-state index >= 15 is 0 Å². The van der Waals surface area contributed by atoms with E-state index in [1.54, 1.807) is 6.20 Å². The van der Waals surface area contributed by atoms with Crippen LogP contribution >= 0.6 is 0 Å². The third kappa shape index (κ3) is 1.80. The summed E-state index contributed by atoms with van der Waals surface area (Å²) in [6, 6.07) is 0. The summed E-state index contributed by atoms with van der Waals surface area (Å²) in [6.07, 6.45) is 5.54. The largest absolute Gasteiger partial charge is 0.286 e. The zero-order valence-electron chi connectivity index (χ0n) is 5.83. The Kier molecular flexibility index (Phi) is 1.78. The molecule has 1 aliphatic heterocycles. The van der Waals surface area contributed by atoms with E-state index in [0.29, 0.717) is 0 Å². The van der Waals surface area contributed by atoms with Gasteiger partial charge < -0.3 is 0 Å². The molecule has 0 fully saturated rings. The Labute approximate surface area is 55.2 Å². The molecule has 2 nitrogen and oxygen atoms in total. The van der Waals surface area contributed by atoms with Crippen molar-refractivity contribution in [2.24, 2.45) is 4.99 Å². The Hall–Kier alpha value is -0.920. The molecule has 0 radical (unpaired) electrons. The molecule has 0 aromatic rings. The first-order valence-corrected chi connectivity index (χ1v) is 3.08. The second kappa shape index (κ2) is 2.58. The Balaban J connectivity index is 2.34. The maximum absolute atomic E-state index is 4.00. The van der Waals surface area contributed by atoms with Crippen LogP contribution in [0.2, 0.25) is 0 Å². The fraction of sp³-hybridized carbons (Fsp3) is 0.429. The minimum absolute atomic E-state index is 1.08. The molecule has 0 atom stereocenters. The summed E-state index contributed by atoms with van der Waals surface area (Å²) >= 11 is 0. The molecule has 48 valence electrons. The molecule has 1 heterocycles. The fourth-order valence-corrected chi connectivity index (χ4v) is 0.556. The van der Waals surface area contributed by atoms with Crippen LogP contribution in [0.15, 0.2) is 17.3 Å². The van der Waals surface area contributed by atoms with Gasteiger partial charge in [-0.05, 0) is 19.9 Å². The molecule has 0 saturated heterocycles. The van der Waals surface area contributed by atoms with Crippen molar-refractivity contribution >= 4 is 12.1 Å². The summed E-state index contributed by atoms with van der Waals surface area (Å²) in [5.74, 6) is 0. The van der Waals surface area contributed by atoms with Crippen molar-refractivity contribution in [3.63, 3.8) is 0 Å². The average Bonchev–Trinajstić information content (AvgIpc) is 2.48. The van der Waals surface area contributed by atoms with E-state index in [9.17, 15) is 0 Å². The third-order valence-corrected chi connectivity index (χ3v) is 1.23. The number of nitrogens with zero attached hydrogens (tertiary/aromatic N) is 2. The molecule has 0 unspecified atom stereocenters. The molecule has 0 aromatic heterocycles. The molecule has 1 aliphatic rings. The van der Waals surface area contributed by atoms with E-state index in [-0.39, 0.29) is 0 Å². The zero-order valence-corrected chi connectivity index (χ0v) is 5.83. The quantitative estimate of drug-likeness (QED) is 0.296. The first-order chi connectivity index (χ1) is 4.34. The van der Waals surface area contributed by atoms with E-state index in [1.165, 1.54) is 5.71 Å². The van der Waals surface area contributed by atoms with Gasteiger partial charge in [0.25, 0.3) is 6.34 Å². The maximum Gasteiger partial charge on any atom is 0.286 e. The molecule has 0 aromatic carbocycles. The standard InChI is InChI=1S/C7H11N2/c1-3-4-8-6-9-5-7(9)2/h3-4,6H,5H2,1-2H3/q+1. The lowest BCUT2D eigenvalue weighted by Crippen LogP contribution is -1.82. The summed E-state index contributed by atoms with van der Waals surface area (Å²) in [5.41, 5.74) is 1.39. The van der Waals surface area contributed by atoms with Crippen LogP contribution in [0, 0.1) is 0 Å². The van der Waals surface area contributed by atoms with E-state index in [0.717, 1.165) is 6.54 Å². The molecule has 0 spiro atoms. The van der Waals surface area contributed by atoms with Crippen LogP contribution in [-0.2, 0) is 0 Å². The molecular weight excluding hydrogens is 112 g/mol. The second-order valence-corrected chi connectivity index (χ2v) is 2.11. The number of aliphatic imine (C=N–C) groups is 1. The lowest BCUT2D eigenvalue weighted by molar-refractivity contribution is -0.295. The van der Waals surface area contributed by atoms with Gasteiger partial charge in [-0.2, -0.15) is 0 Å². The lowest BCUT2D eigenvalue weighted by Gasteiger charge is -1.63. The maximum atomic E-state index is 4.00. The Morgan fingerprint density at radius 1 is 1.67 bits per heavy atom. The molecule has 2 heteroatoms. The van der Waals surface area contributed by atoms with Crippen LogP contribution in [0.3, 0.4) is 0 Å². The van der Waals surface area contributed by atoms with E-state index in [1.807, 2.05) is 19.3 Å². The normalized spacial score (nSPS) is 18.4. The van der Waals surface area contributed by atoms with Crippen LogP contribution in [0.4, 0.5) is 0 Å². The molecule has 0 amide bonds. The Morgan fingerprint density at radius 2 is 2.33 bits per heavy atom. The first kappa shape index (κ1) is 6.20. The average molecular weight is 123 g/mol. The van der Waals surface area contributed by atoms with Gasteiger partial charge in [0.2, 0.25) is 0 Å². The van der Waals surface area contributed by atoms with Gasteiger partial charge >= 0.3 is 0 Å². The van der Waals surface area contributed by atoms with Crippen LogP contribution in [0.5, 0.6) is 0 Å². The zero-order chi connectivity index (χ0) is 6.69. The SMILES string of the molecule is CC=CN=C[N+]1=C(C)C1. The minimum Gasteiger partial charge on any atom is -0.227 e. The van der Waals surface area contributed by atoms with Crippen molar-refractivity contribution < 1.29 is 4.58 Å². The topological polar surface area (TPSA) is 15.4 Å². The highest BCUT2D eigenvalue weighted by Gasteiger charge is 2.18. The Bertz CT molecular complexity index is 187. The highest BCUT2D eigenvalue weighted by atomic mass is 15.1. The first-order valence-electron chi connectivity index (χ1n) is 3.08. The van der Waals surface area contributed by atoms with Gasteiger partial charge in [-0.1, -0.05) is 4.99 Å². The van der Waals surface area contributed by atoms with E-state index in [4.69, 9.17) is 0 Å². The smallest absolute Gasteiger partial charge is 0.227 e. The van der Waals surface area contributed by atoms with Crippen LogP contribution in [-0.4, -0.2) is 23.2 Å². The number of hydrogen-bond donors (Lipinski definition) is 0. The summed E-state index contributed by atoms with van der Waals surface area (Å²) in [5, 5.41) is 0. The predicted octanol–water partition coefficient (Wildman–Crippen LogP) is 1.04. The minimum atomic E-state index is 1.08. The van der Waals surface area contributed by atoms with Crippen molar-refractivity contribution in [2.75, 3.05) is 6.54 Å². The van der Waals surface area contributed by atoms with Gasteiger partial charge in [-0.3, -0.25) is 0 Å². The summed E-state index contributed by atoms with van der Waals surface area (Å²) in [4.78, 5) is 4.00. The number of hydrogen-bond acceptors (Lipinski definition) is 1. The van der Waals surface area contributed by atoms with Gasteiger partial charge in [0.1, 0.15) is 18.5 Å². The fourth-order valence-electron chi connectivity index (χ4n) is 0.556. The van der Waals surface area contributed by atoms with Gasteiger partial charge in [0.15, 0.2) is 0 Å². The number of rotatable bonds is 2. The predicted molar refractivity (Wildman–Crippen MR) is 39.1 cm³/mol. The molecule has 0 saturated carbocycles. The monoisotopic (exact) mass is 123 g/mol. The van der Waals surface area contributed by atoms with E-state index < -0.39 is 0 Å². The third-order valence-electron chi connectivity index (χ3n) is 1.23. The van der Waals surface area contributed by atoms with Gasteiger partial charge in [-0.15, -0.1) is 0 Å². The second-order valence-electron chi connectivity index (χ2n) is 2.11. The van der Waals surface area contributed by atoms with Crippen LogP contribution in [0.1, 0.15) is 13.8 Å². The molecule has 9 heavy (non-hydrogen) atoms. The van der Waals surface area contributed by atoms with Crippen molar-refractivity contribution in [1.29, 1.82) is 0 Å². The van der Waals surface area contributed by atoms with Crippen LogP contribution in [0.25, 0.3) is 0 Å². The molecule has 1 rings (SSSR count). The van der Waals surface area contributed by atoms with E-state index in [2.05, 4.69) is 16.5 Å². The van der Waals surface area contributed by atoms with Crippen molar-refractivity contribution in [1.82, 2.24) is 0 Å². The highest BCUT2D eigenvalue weighted by molar-refractivity contribution is 5.89. The Morgan fingerprint density at radius 3 is 2.78 bits per heavy atom. The molecule has 0 N–H and O–H groups in total. The summed E-state index contributed by atoms with van der Waals surface area (Å²) < 4.78 is 2.10. The number of allylic oxidation sites excluding steroid dienone is 1.